The predicted octanol–water partition coefficient (Wildman–Crippen LogP) is 0.513. The lowest BCUT2D eigenvalue weighted by molar-refractivity contribution is -0.139. The first-order chi connectivity index (χ1) is 9.06. The van der Waals surface area contributed by atoms with Gasteiger partial charge in [0.25, 0.3) is 0 Å². The summed E-state index contributed by atoms with van der Waals surface area (Å²) in [6.45, 7) is 2.00. The highest BCUT2D eigenvalue weighted by molar-refractivity contribution is 5.82. The summed E-state index contributed by atoms with van der Waals surface area (Å²) in [5.41, 5.74) is 0. The molecule has 1 heterocycles. The third kappa shape index (κ3) is 4.71. The lowest BCUT2D eigenvalue weighted by atomic mass is 10.2. The van der Waals surface area contributed by atoms with Crippen LogP contribution in [0.4, 0.5) is 4.79 Å². The van der Waals surface area contributed by atoms with E-state index in [2.05, 4.69) is 21.5 Å². The van der Waals surface area contributed by atoms with Gasteiger partial charge in [-0.1, -0.05) is 6.92 Å². The van der Waals surface area contributed by atoms with Crippen LogP contribution in [0.25, 0.3) is 0 Å². The Bertz CT molecular complexity index is 489. The lowest BCUT2D eigenvalue weighted by Crippen LogP contribution is -2.45. The van der Waals surface area contributed by atoms with E-state index in [4.69, 9.17) is 15.9 Å². The number of hydrogen-bond donors (Lipinski definition) is 3. The number of oxazole rings is 1. The molecule has 1 aromatic rings. The fourth-order valence-corrected chi connectivity index (χ4v) is 1.28. The van der Waals surface area contributed by atoms with Crippen LogP contribution in [0.1, 0.15) is 25.0 Å². The number of hydrogen-bond acceptors (Lipinski definition) is 4. The molecule has 0 saturated carbocycles. The zero-order valence-corrected chi connectivity index (χ0v) is 10.5. The summed E-state index contributed by atoms with van der Waals surface area (Å²) in [7, 11) is 0. The van der Waals surface area contributed by atoms with Crippen LogP contribution in [0, 0.1) is 12.3 Å². The van der Waals surface area contributed by atoms with Gasteiger partial charge in [0.2, 0.25) is 5.89 Å². The fourth-order valence-electron chi connectivity index (χ4n) is 1.28. The summed E-state index contributed by atoms with van der Waals surface area (Å²) in [5.74, 6) is 2.08. The van der Waals surface area contributed by atoms with Crippen LogP contribution >= 0.6 is 0 Å². The lowest BCUT2D eigenvalue weighted by Gasteiger charge is -2.11. The van der Waals surface area contributed by atoms with Crippen LogP contribution < -0.4 is 10.6 Å². The number of nitrogens with one attached hydrogen (secondary N) is 2. The number of carbonyl (C=O) groups excluding carboxylic acids is 1. The van der Waals surface area contributed by atoms with Crippen molar-refractivity contribution in [1.29, 1.82) is 0 Å². The smallest absolute Gasteiger partial charge is 0.327 e. The van der Waals surface area contributed by atoms with Crippen molar-refractivity contribution in [1.82, 2.24) is 15.6 Å². The number of aryl methyl sites for hydroxylation is 1. The number of amides is 2. The Labute approximate surface area is 110 Å². The molecule has 0 saturated heterocycles. The number of terminal acetylenes is 1. The topological polar surface area (TPSA) is 104 Å². The molecule has 7 heteroatoms. The summed E-state index contributed by atoms with van der Waals surface area (Å²) in [6, 6.07) is -1.75. The minimum Gasteiger partial charge on any atom is -0.480 e. The molecule has 0 radical (unpaired) electrons. The van der Waals surface area contributed by atoms with Crippen LogP contribution in [-0.4, -0.2) is 28.1 Å². The summed E-state index contributed by atoms with van der Waals surface area (Å²) >= 11 is 0. The van der Waals surface area contributed by atoms with Crippen LogP contribution in [-0.2, 0) is 17.8 Å². The number of carboxylic acids is 1. The first kappa shape index (κ1) is 14.6. The Morgan fingerprint density at radius 3 is 2.89 bits per heavy atom. The Kier molecular flexibility index (Phi) is 5.41. The van der Waals surface area contributed by atoms with E-state index in [-0.39, 0.29) is 13.0 Å². The molecule has 3 N–H and O–H groups in total. The summed E-state index contributed by atoms with van der Waals surface area (Å²) in [6.07, 6.45) is 7.22. The van der Waals surface area contributed by atoms with Crippen molar-refractivity contribution in [2.45, 2.75) is 32.4 Å². The number of rotatable bonds is 6. The number of nitrogens with zero attached hydrogens (tertiary/aromatic N) is 1. The Hall–Kier alpha value is -2.49. The zero-order valence-electron chi connectivity index (χ0n) is 10.5. The average Bonchev–Trinajstić information content (AvgIpc) is 2.83. The van der Waals surface area contributed by atoms with Gasteiger partial charge in [-0.3, -0.25) is 0 Å². The number of carboxylic acid groups (broad SMARTS) is 1. The standard InChI is InChI=1S/C12H15N3O4/c1-3-5-9(11(16)17)15-12(18)14-7-10-13-6-8(4-2)19-10/h1,6,9H,4-5,7H2,2H3,(H,16,17)(H2,14,15,18). The molecule has 0 aliphatic carbocycles. The molecule has 1 unspecified atom stereocenters. The maximum absolute atomic E-state index is 11.5. The maximum atomic E-state index is 11.5. The molecule has 0 aliphatic rings. The van der Waals surface area contributed by atoms with Gasteiger partial charge in [-0.05, 0) is 0 Å². The largest absolute Gasteiger partial charge is 0.480 e. The molecule has 102 valence electrons. The average molecular weight is 265 g/mol. The predicted molar refractivity (Wildman–Crippen MR) is 66.1 cm³/mol. The summed E-state index contributed by atoms with van der Waals surface area (Å²) in [5, 5.41) is 13.5. The van der Waals surface area contributed by atoms with E-state index in [1.807, 2.05) is 6.92 Å². The van der Waals surface area contributed by atoms with Crippen molar-refractivity contribution in [3.63, 3.8) is 0 Å². The number of urea groups is 1. The number of aromatic nitrogens is 1. The summed E-state index contributed by atoms with van der Waals surface area (Å²) in [4.78, 5) is 26.2. The summed E-state index contributed by atoms with van der Waals surface area (Å²) < 4.78 is 5.28. The molecule has 7 nitrogen and oxygen atoms in total. The molecule has 1 atom stereocenters. The Morgan fingerprint density at radius 1 is 1.63 bits per heavy atom. The molecule has 0 aromatic carbocycles. The van der Waals surface area contributed by atoms with E-state index in [9.17, 15) is 9.59 Å². The van der Waals surface area contributed by atoms with Crippen molar-refractivity contribution < 1.29 is 19.1 Å². The van der Waals surface area contributed by atoms with Crippen LogP contribution in [0.15, 0.2) is 10.6 Å². The van der Waals surface area contributed by atoms with E-state index in [0.29, 0.717) is 18.1 Å². The third-order valence-corrected chi connectivity index (χ3v) is 2.28. The van der Waals surface area contributed by atoms with Gasteiger partial charge in [0.15, 0.2) is 0 Å². The highest BCUT2D eigenvalue weighted by atomic mass is 16.4. The van der Waals surface area contributed by atoms with Gasteiger partial charge in [-0.2, -0.15) is 0 Å². The van der Waals surface area contributed by atoms with Gasteiger partial charge >= 0.3 is 12.0 Å². The van der Waals surface area contributed by atoms with Gasteiger partial charge in [0, 0.05) is 12.8 Å². The third-order valence-electron chi connectivity index (χ3n) is 2.28. The Morgan fingerprint density at radius 2 is 2.37 bits per heavy atom. The monoisotopic (exact) mass is 265 g/mol. The minimum absolute atomic E-state index is 0.0776. The van der Waals surface area contributed by atoms with Crippen LogP contribution in [0.5, 0.6) is 0 Å². The molecular weight excluding hydrogens is 250 g/mol. The van der Waals surface area contributed by atoms with E-state index in [1.54, 1.807) is 6.20 Å². The highest BCUT2D eigenvalue weighted by Gasteiger charge is 2.18. The highest BCUT2D eigenvalue weighted by Crippen LogP contribution is 2.03. The molecule has 1 rings (SSSR count). The van der Waals surface area contributed by atoms with Crippen LogP contribution in [0.2, 0.25) is 0 Å². The first-order valence-corrected chi connectivity index (χ1v) is 5.71. The van der Waals surface area contributed by atoms with Crippen molar-refractivity contribution in [3.8, 4) is 12.3 Å². The van der Waals surface area contributed by atoms with Crippen molar-refractivity contribution >= 4 is 12.0 Å². The molecule has 0 fully saturated rings. The maximum Gasteiger partial charge on any atom is 0.327 e. The molecule has 2 amide bonds. The fraction of sp³-hybridized carbons (Fsp3) is 0.417. The van der Waals surface area contributed by atoms with Gasteiger partial charge in [0.1, 0.15) is 11.8 Å². The second-order valence-corrected chi connectivity index (χ2v) is 3.70. The minimum atomic E-state index is -1.18. The van der Waals surface area contributed by atoms with Gasteiger partial charge in [-0.15, -0.1) is 12.3 Å². The van der Waals surface area contributed by atoms with E-state index in [0.717, 1.165) is 0 Å². The van der Waals surface area contributed by atoms with Crippen molar-refractivity contribution in [2.75, 3.05) is 0 Å². The zero-order chi connectivity index (χ0) is 14.3. The first-order valence-electron chi connectivity index (χ1n) is 5.71. The molecule has 0 bridgehead atoms. The van der Waals surface area contributed by atoms with Gasteiger partial charge in [-0.25, -0.2) is 14.6 Å². The van der Waals surface area contributed by atoms with Crippen molar-refractivity contribution in [2.24, 2.45) is 0 Å². The van der Waals surface area contributed by atoms with E-state index < -0.39 is 18.0 Å². The molecule has 0 aliphatic heterocycles. The number of aliphatic carboxylic acids is 1. The molecular formula is C12H15N3O4. The Balaban J connectivity index is 2.42. The van der Waals surface area contributed by atoms with Gasteiger partial charge in [0.05, 0.1) is 12.7 Å². The number of carbonyl (C=O) groups is 2. The quantitative estimate of drug-likeness (QED) is 0.650. The molecule has 19 heavy (non-hydrogen) atoms. The second-order valence-electron chi connectivity index (χ2n) is 3.70. The van der Waals surface area contributed by atoms with E-state index >= 15 is 0 Å². The van der Waals surface area contributed by atoms with Crippen LogP contribution in [0.3, 0.4) is 0 Å². The van der Waals surface area contributed by atoms with Gasteiger partial charge < -0.3 is 20.2 Å². The molecule has 0 spiro atoms. The SMILES string of the molecule is C#CCC(NC(=O)NCc1ncc(CC)o1)C(=O)O. The second kappa shape index (κ2) is 7.06. The normalized spacial score (nSPS) is 11.4. The van der Waals surface area contributed by atoms with E-state index in [1.165, 1.54) is 0 Å². The van der Waals surface area contributed by atoms with Crippen molar-refractivity contribution in [3.05, 3.63) is 17.8 Å². The molecule has 1 aromatic heterocycles.